The molecule has 1 N–H and O–H groups in total. The first kappa shape index (κ1) is 15.9. The molecule has 0 aliphatic carbocycles. The fourth-order valence-corrected chi connectivity index (χ4v) is 3.09. The van der Waals surface area contributed by atoms with Crippen LogP contribution in [-0.2, 0) is 11.4 Å². The summed E-state index contributed by atoms with van der Waals surface area (Å²) in [5.41, 5.74) is 0.959. The average Bonchev–Trinajstić information content (AvgIpc) is 2.38. The standard InChI is InChI=1S/C14H20BrNO3S/c1-9(16-20(17)14(2,3)4)10-5-6-11(15)13-12(10)18-7-8-19-13/h5-6,9,16H,7-8H2,1-4H3/t9-,20-/m1/s1. The summed E-state index contributed by atoms with van der Waals surface area (Å²) in [5.74, 6) is 1.46. The number of benzene rings is 1. The van der Waals surface area contributed by atoms with Crippen LogP contribution in [0.2, 0.25) is 0 Å². The van der Waals surface area contributed by atoms with Gasteiger partial charge in [-0.05, 0) is 49.7 Å². The van der Waals surface area contributed by atoms with Crippen LogP contribution in [0.25, 0.3) is 0 Å². The van der Waals surface area contributed by atoms with Crippen LogP contribution in [0.3, 0.4) is 0 Å². The minimum absolute atomic E-state index is 0.0846. The SMILES string of the molecule is C[C@@H](N[S@+]([O-])C(C)(C)C)c1ccc(Br)c2c1OCCO2. The van der Waals surface area contributed by atoms with E-state index >= 15 is 0 Å². The Bertz CT molecular complexity index is 490. The molecule has 112 valence electrons. The molecule has 0 radical (unpaired) electrons. The van der Waals surface area contributed by atoms with Gasteiger partial charge in [0.25, 0.3) is 0 Å². The zero-order chi connectivity index (χ0) is 14.9. The fraction of sp³-hybridized carbons (Fsp3) is 0.571. The molecule has 6 heteroatoms. The molecule has 0 fully saturated rings. The molecule has 0 saturated carbocycles. The van der Waals surface area contributed by atoms with Crippen molar-refractivity contribution in [3.63, 3.8) is 0 Å². The average molecular weight is 362 g/mol. The molecule has 1 aromatic rings. The molecule has 0 bridgehead atoms. The van der Waals surface area contributed by atoms with Crippen molar-refractivity contribution in [1.82, 2.24) is 4.72 Å². The second-order valence-corrected chi connectivity index (χ2v) is 8.56. The molecule has 0 saturated heterocycles. The Labute approximate surface area is 131 Å². The van der Waals surface area contributed by atoms with E-state index < -0.39 is 11.4 Å². The molecule has 20 heavy (non-hydrogen) atoms. The van der Waals surface area contributed by atoms with Crippen LogP contribution in [-0.4, -0.2) is 22.5 Å². The van der Waals surface area contributed by atoms with E-state index in [9.17, 15) is 4.55 Å². The number of fused-ring (bicyclic) bond motifs is 1. The molecule has 2 atom stereocenters. The summed E-state index contributed by atoms with van der Waals surface area (Å²) in [6.45, 7) is 8.89. The van der Waals surface area contributed by atoms with Crippen molar-refractivity contribution >= 4 is 27.3 Å². The predicted molar refractivity (Wildman–Crippen MR) is 84.6 cm³/mol. The third-order valence-corrected chi connectivity index (χ3v) is 5.28. The Balaban J connectivity index is 2.24. The van der Waals surface area contributed by atoms with Gasteiger partial charge in [-0.15, -0.1) is 4.72 Å². The summed E-state index contributed by atoms with van der Waals surface area (Å²) in [4.78, 5) is 0. The summed E-state index contributed by atoms with van der Waals surface area (Å²) in [6.07, 6.45) is 0. The van der Waals surface area contributed by atoms with Crippen LogP contribution in [0.1, 0.15) is 39.3 Å². The Morgan fingerprint density at radius 3 is 2.45 bits per heavy atom. The van der Waals surface area contributed by atoms with Crippen molar-refractivity contribution in [3.05, 3.63) is 22.2 Å². The number of nitrogens with one attached hydrogen (secondary N) is 1. The Kier molecular flexibility index (Phi) is 4.89. The molecule has 0 spiro atoms. The van der Waals surface area contributed by atoms with Gasteiger partial charge in [0.1, 0.15) is 18.0 Å². The molecule has 0 amide bonds. The van der Waals surface area contributed by atoms with Gasteiger partial charge in [0.15, 0.2) is 11.5 Å². The first-order valence-electron chi connectivity index (χ1n) is 6.56. The number of hydrogen-bond donors (Lipinski definition) is 1. The quantitative estimate of drug-likeness (QED) is 0.838. The zero-order valence-corrected chi connectivity index (χ0v) is 14.6. The zero-order valence-electron chi connectivity index (χ0n) is 12.2. The highest BCUT2D eigenvalue weighted by atomic mass is 79.9. The van der Waals surface area contributed by atoms with Gasteiger partial charge in [0.05, 0.1) is 10.5 Å². The van der Waals surface area contributed by atoms with Gasteiger partial charge in [-0.2, -0.15) is 0 Å². The largest absolute Gasteiger partial charge is 0.598 e. The number of rotatable bonds is 3. The van der Waals surface area contributed by atoms with Crippen LogP contribution in [0.4, 0.5) is 0 Å². The summed E-state index contributed by atoms with van der Waals surface area (Å²) < 4.78 is 27.3. The molecule has 4 nitrogen and oxygen atoms in total. The van der Waals surface area contributed by atoms with Gasteiger partial charge in [0, 0.05) is 16.9 Å². The maximum atomic E-state index is 12.2. The van der Waals surface area contributed by atoms with Crippen molar-refractivity contribution in [1.29, 1.82) is 0 Å². The third kappa shape index (κ3) is 3.42. The highest BCUT2D eigenvalue weighted by molar-refractivity contribution is 9.10. The molecule has 2 rings (SSSR count). The van der Waals surface area contributed by atoms with Crippen LogP contribution >= 0.6 is 15.9 Å². The van der Waals surface area contributed by atoms with E-state index in [1.807, 2.05) is 39.8 Å². The van der Waals surface area contributed by atoms with Gasteiger partial charge in [-0.25, -0.2) is 0 Å². The molecular weight excluding hydrogens is 342 g/mol. The molecule has 1 heterocycles. The highest BCUT2D eigenvalue weighted by Gasteiger charge is 2.30. The van der Waals surface area contributed by atoms with E-state index in [0.29, 0.717) is 13.2 Å². The molecule has 1 aliphatic heterocycles. The van der Waals surface area contributed by atoms with E-state index in [1.165, 1.54) is 0 Å². The Morgan fingerprint density at radius 2 is 1.85 bits per heavy atom. The smallest absolute Gasteiger partial charge is 0.175 e. The third-order valence-electron chi connectivity index (χ3n) is 2.98. The lowest BCUT2D eigenvalue weighted by molar-refractivity contribution is 0.168. The summed E-state index contributed by atoms with van der Waals surface area (Å²) in [7, 11) is 0. The van der Waals surface area contributed by atoms with Crippen LogP contribution in [0.5, 0.6) is 11.5 Å². The van der Waals surface area contributed by atoms with E-state index in [4.69, 9.17) is 9.47 Å². The predicted octanol–water partition coefficient (Wildman–Crippen LogP) is 3.33. The number of hydrogen-bond acceptors (Lipinski definition) is 4. The second kappa shape index (κ2) is 6.13. The summed E-state index contributed by atoms with van der Waals surface area (Å²) >= 11 is 2.33. The van der Waals surface area contributed by atoms with Crippen LogP contribution in [0, 0.1) is 0 Å². The summed E-state index contributed by atoms with van der Waals surface area (Å²) in [5, 5.41) is 0. The van der Waals surface area contributed by atoms with Gasteiger partial charge < -0.3 is 14.0 Å². The van der Waals surface area contributed by atoms with Crippen molar-refractivity contribution in [2.45, 2.75) is 38.5 Å². The molecular formula is C14H20BrNO3S. The topological polar surface area (TPSA) is 53.5 Å². The first-order chi connectivity index (χ1) is 9.30. The Hall–Kier alpha value is -0.430. The van der Waals surface area contributed by atoms with E-state index in [1.54, 1.807) is 0 Å². The van der Waals surface area contributed by atoms with E-state index in [-0.39, 0.29) is 10.8 Å². The second-order valence-electron chi connectivity index (χ2n) is 5.71. The van der Waals surface area contributed by atoms with Crippen LogP contribution in [0.15, 0.2) is 16.6 Å². The van der Waals surface area contributed by atoms with Crippen molar-refractivity contribution < 1.29 is 14.0 Å². The van der Waals surface area contributed by atoms with Gasteiger partial charge in [-0.3, -0.25) is 0 Å². The fourth-order valence-electron chi connectivity index (χ4n) is 1.87. The minimum atomic E-state index is -1.13. The molecule has 1 aromatic carbocycles. The van der Waals surface area contributed by atoms with E-state index in [2.05, 4.69) is 20.7 Å². The lowest BCUT2D eigenvalue weighted by Gasteiger charge is -2.28. The highest BCUT2D eigenvalue weighted by Crippen LogP contribution is 2.42. The lowest BCUT2D eigenvalue weighted by Crippen LogP contribution is -2.40. The van der Waals surface area contributed by atoms with Gasteiger partial charge >= 0.3 is 0 Å². The van der Waals surface area contributed by atoms with Crippen molar-refractivity contribution in [3.8, 4) is 11.5 Å². The van der Waals surface area contributed by atoms with Crippen LogP contribution < -0.4 is 14.2 Å². The number of ether oxygens (including phenoxy) is 2. The summed E-state index contributed by atoms with van der Waals surface area (Å²) in [6, 6.07) is 3.81. The molecule has 1 aliphatic rings. The lowest BCUT2D eigenvalue weighted by atomic mass is 10.1. The normalized spacial score (nSPS) is 17.7. The molecule has 0 aromatic heterocycles. The van der Waals surface area contributed by atoms with E-state index in [0.717, 1.165) is 21.5 Å². The maximum Gasteiger partial charge on any atom is 0.175 e. The maximum absolute atomic E-state index is 12.2. The van der Waals surface area contributed by atoms with Crippen molar-refractivity contribution in [2.75, 3.05) is 13.2 Å². The van der Waals surface area contributed by atoms with Crippen molar-refractivity contribution in [2.24, 2.45) is 0 Å². The van der Waals surface area contributed by atoms with Gasteiger partial charge in [-0.1, -0.05) is 6.07 Å². The van der Waals surface area contributed by atoms with Gasteiger partial charge in [0.2, 0.25) is 0 Å². The number of halogens is 1. The first-order valence-corrected chi connectivity index (χ1v) is 8.51. The molecule has 0 unspecified atom stereocenters. The monoisotopic (exact) mass is 361 g/mol. The Morgan fingerprint density at radius 1 is 1.25 bits per heavy atom. The minimum Gasteiger partial charge on any atom is -0.598 e.